The Hall–Kier alpha value is -1.03. The number of hydrogen-bond donors (Lipinski definition) is 0. The summed E-state index contributed by atoms with van der Waals surface area (Å²) in [6.07, 6.45) is 2.01. The van der Waals surface area contributed by atoms with Crippen LogP contribution in [0.15, 0.2) is 24.4 Å². The second kappa shape index (κ2) is 4.26. The molecule has 0 aliphatic heterocycles. The fourth-order valence-electron chi connectivity index (χ4n) is 1.88. The van der Waals surface area contributed by atoms with Crippen LogP contribution in [0.2, 0.25) is 10.0 Å². The zero-order valence-corrected chi connectivity index (χ0v) is 12.2. The van der Waals surface area contributed by atoms with E-state index < -0.39 is 0 Å². The smallest absolute Gasteiger partial charge is 0.194 e. The summed E-state index contributed by atoms with van der Waals surface area (Å²) in [5.74, 6) is 0. The van der Waals surface area contributed by atoms with Gasteiger partial charge in [-0.15, -0.1) is 11.3 Å². The molecule has 0 spiro atoms. The molecule has 2 heterocycles. The minimum absolute atomic E-state index is 0.665. The van der Waals surface area contributed by atoms with Crippen molar-refractivity contribution in [3.05, 3.63) is 45.0 Å². The van der Waals surface area contributed by atoms with E-state index in [1.54, 1.807) is 23.5 Å². The van der Waals surface area contributed by atoms with Gasteiger partial charge in [-0.1, -0.05) is 23.2 Å². The molecular formula is C13H10Cl2N2S. The van der Waals surface area contributed by atoms with E-state index in [4.69, 9.17) is 23.2 Å². The predicted molar refractivity (Wildman–Crippen MR) is 78.0 cm³/mol. The fraction of sp³-hybridized carbons (Fsp3) is 0.154. The zero-order chi connectivity index (χ0) is 12.9. The van der Waals surface area contributed by atoms with E-state index in [1.807, 2.05) is 12.3 Å². The molecule has 0 aliphatic carbocycles. The minimum atomic E-state index is 0.665. The summed E-state index contributed by atoms with van der Waals surface area (Å²) in [5, 5.41) is 1.33. The van der Waals surface area contributed by atoms with Gasteiger partial charge in [0.25, 0.3) is 0 Å². The molecule has 18 heavy (non-hydrogen) atoms. The van der Waals surface area contributed by atoms with Crippen LogP contribution in [0.1, 0.15) is 10.6 Å². The lowest BCUT2D eigenvalue weighted by Crippen LogP contribution is -1.82. The maximum Gasteiger partial charge on any atom is 0.194 e. The van der Waals surface area contributed by atoms with Crippen molar-refractivity contribution in [3.8, 4) is 11.3 Å². The lowest BCUT2D eigenvalue weighted by Gasteiger charge is -2.00. The standard InChI is InChI=1S/C13H10Cl2N2S/c1-7-8(2)18-13-16-12(6-17(7)13)10-5-9(14)3-4-11(10)15/h3-6H,1-2H3. The molecule has 0 bridgehead atoms. The summed E-state index contributed by atoms with van der Waals surface area (Å²) in [4.78, 5) is 6.87. The van der Waals surface area contributed by atoms with E-state index in [1.165, 1.54) is 10.6 Å². The summed E-state index contributed by atoms with van der Waals surface area (Å²) in [7, 11) is 0. The van der Waals surface area contributed by atoms with Gasteiger partial charge in [-0.2, -0.15) is 0 Å². The maximum absolute atomic E-state index is 6.19. The van der Waals surface area contributed by atoms with Gasteiger partial charge in [0.2, 0.25) is 0 Å². The van der Waals surface area contributed by atoms with Gasteiger partial charge in [0, 0.05) is 27.4 Å². The number of thiazole rings is 1. The van der Waals surface area contributed by atoms with Crippen molar-refractivity contribution in [1.29, 1.82) is 0 Å². The van der Waals surface area contributed by atoms with E-state index >= 15 is 0 Å². The normalized spacial score (nSPS) is 11.3. The number of halogens is 2. The van der Waals surface area contributed by atoms with Gasteiger partial charge in [0.15, 0.2) is 4.96 Å². The van der Waals surface area contributed by atoms with Crippen molar-refractivity contribution in [2.24, 2.45) is 0 Å². The average molecular weight is 297 g/mol. The van der Waals surface area contributed by atoms with Crippen LogP contribution in [-0.4, -0.2) is 9.38 Å². The van der Waals surface area contributed by atoms with E-state index in [9.17, 15) is 0 Å². The third kappa shape index (κ3) is 1.83. The molecule has 0 unspecified atom stereocenters. The quantitative estimate of drug-likeness (QED) is 0.618. The van der Waals surface area contributed by atoms with Gasteiger partial charge in [-0.25, -0.2) is 4.98 Å². The molecule has 0 atom stereocenters. The fourth-order valence-corrected chi connectivity index (χ4v) is 3.22. The summed E-state index contributed by atoms with van der Waals surface area (Å²) in [6.45, 7) is 4.19. The Morgan fingerprint density at radius 3 is 2.72 bits per heavy atom. The molecule has 0 radical (unpaired) electrons. The zero-order valence-electron chi connectivity index (χ0n) is 9.87. The number of aromatic nitrogens is 2. The summed E-state index contributed by atoms with van der Waals surface area (Å²) >= 11 is 13.9. The molecule has 92 valence electrons. The Bertz CT molecular complexity index is 743. The van der Waals surface area contributed by atoms with Crippen molar-refractivity contribution in [3.63, 3.8) is 0 Å². The second-order valence-electron chi connectivity index (χ2n) is 4.15. The Labute approximate surface area is 119 Å². The summed E-state index contributed by atoms with van der Waals surface area (Å²) in [5.41, 5.74) is 2.95. The topological polar surface area (TPSA) is 17.3 Å². The van der Waals surface area contributed by atoms with Crippen LogP contribution in [-0.2, 0) is 0 Å². The number of imidazole rings is 1. The monoisotopic (exact) mass is 296 g/mol. The summed E-state index contributed by atoms with van der Waals surface area (Å²) < 4.78 is 2.09. The Balaban J connectivity index is 2.22. The Morgan fingerprint density at radius 1 is 1.22 bits per heavy atom. The van der Waals surface area contributed by atoms with Gasteiger partial charge in [0.05, 0.1) is 10.7 Å². The van der Waals surface area contributed by atoms with Crippen LogP contribution in [0, 0.1) is 13.8 Å². The first kappa shape index (κ1) is 12.0. The third-order valence-electron chi connectivity index (χ3n) is 2.99. The Morgan fingerprint density at radius 2 is 2.00 bits per heavy atom. The van der Waals surface area contributed by atoms with E-state index in [0.717, 1.165) is 16.2 Å². The van der Waals surface area contributed by atoms with Crippen molar-refractivity contribution in [2.75, 3.05) is 0 Å². The lowest BCUT2D eigenvalue weighted by atomic mass is 10.2. The number of aryl methyl sites for hydroxylation is 2. The van der Waals surface area contributed by atoms with Crippen LogP contribution in [0.5, 0.6) is 0 Å². The molecule has 0 amide bonds. The van der Waals surface area contributed by atoms with E-state index in [-0.39, 0.29) is 0 Å². The highest BCUT2D eigenvalue weighted by Gasteiger charge is 2.12. The van der Waals surface area contributed by atoms with Crippen molar-refractivity contribution >= 4 is 39.5 Å². The van der Waals surface area contributed by atoms with Crippen LogP contribution in [0.4, 0.5) is 0 Å². The molecule has 1 aromatic carbocycles. The predicted octanol–water partition coefficient (Wildman–Crippen LogP) is 4.99. The van der Waals surface area contributed by atoms with Gasteiger partial charge in [-0.05, 0) is 32.0 Å². The molecule has 0 saturated heterocycles. The molecule has 2 nitrogen and oxygen atoms in total. The average Bonchev–Trinajstić information content (AvgIpc) is 2.84. The maximum atomic E-state index is 6.19. The van der Waals surface area contributed by atoms with Crippen molar-refractivity contribution < 1.29 is 0 Å². The highest BCUT2D eigenvalue weighted by Crippen LogP contribution is 2.32. The van der Waals surface area contributed by atoms with E-state index in [0.29, 0.717) is 10.0 Å². The number of hydrogen-bond acceptors (Lipinski definition) is 2. The van der Waals surface area contributed by atoms with Crippen molar-refractivity contribution in [2.45, 2.75) is 13.8 Å². The van der Waals surface area contributed by atoms with Crippen LogP contribution in [0.3, 0.4) is 0 Å². The molecule has 0 fully saturated rings. The molecular weight excluding hydrogens is 287 g/mol. The number of rotatable bonds is 1. The first-order valence-electron chi connectivity index (χ1n) is 5.47. The van der Waals surface area contributed by atoms with Gasteiger partial charge < -0.3 is 0 Å². The second-order valence-corrected chi connectivity index (χ2v) is 6.17. The van der Waals surface area contributed by atoms with Gasteiger partial charge >= 0.3 is 0 Å². The third-order valence-corrected chi connectivity index (χ3v) is 4.63. The highest BCUT2D eigenvalue weighted by molar-refractivity contribution is 7.17. The number of nitrogens with zero attached hydrogens (tertiary/aromatic N) is 2. The Kier molecular flexibility index (Phi) is 2.85. The minimum Gasteiger partial charge on any atom is -0.294 e. The molecule has 2 aromatic heterocycles. The molecule has 0 aliphatic rings. The first-order valence-corrected chi connectivity index (χ1v) is 7.04. The molecule has 0 saturated carbocycles. The van der Waals surface area contributed by atoms with Crippen LogP contribution in [0.25, 0.3) is 16.2 Å². The van der Waals surface area contributed by atoms with Crippen molar-refractivity contribution in [1.82, 2.24) is 9.38 Å². The number of fused-ring (bicyclic) bond motifs is 1. The van der Waals surface area contributed by atoms with Gasteiger partial charge in [-0.3, -0.25) is 4.40 Å². The largest absolute Gasteiger partial charge is 0.294 e. The molecule has 3 aromatic rings. The number of benzene rings is 1. The molecule has 0 N–H and O–H groups in total. The van der Waals surface area contributed by atoms with Gasteiger partial charge in [0.1, 0.15) is 0 Å². The molecule has 3 rings (SSSR count). The SMILES string of the molecule is Cc1sc2nc(-c3cc(Cl)ccc3Cl)cn2c1C. The summed E-state index contributed by atoms with van der Waals surface area (Å²) in [6, 6.07) is 5.42. The first-order chi connectivity index (χ1) is 8.56. The van der Waals surface area contributed by atoms with Crippen LogP contribution >= 0.6 is 34.5 Å². The van der Waals surface area contributed by atoms with E-state index in [2.05, 4.69) is 23.2 Å². The van der Waals surface area contributed by atoms with Crippen LogP contribution < -0.4 is 0 Å². The highest BCUT2D eigenvalue weighted by atomic mass is 35.5. The molecule has 5 heteroatoms. The lowest BCUT2D eigenvalue weighted by molar-refractivity contribution is 1.11.